The molecule has 1 aliphatic heterocycles. The maximum Gasteiger partial charge on any atom is 0.417 e. The molecule has 4 rings (SSSR count). The molecule has 1 unspecified atom stereocenters. The fraction of sp³-hybridized carbons (Fsp3) is 0.333. The number of carbonyl (C=O) groups is 1. The minimum atomic E-state index is -2.46. The highest BCUT2D eigenvalue weighted by Gasteiger charge is 2.32. The Labute approximate surface area is 212 Å². The quantitative estimate of drug-likeness (QED) is 0.488. The number of para-hydroxylation sites is 1. The first kappa shape index (κ1) is 25.7. The molecule has 9 heteroatoms. The molecule has 2 aromatic carbocycles. The van der Waals surface area contributed by atoms with Gasteiger partial charge in [-0.1, -0.05) is 18.2 Å². The van der Waals surface area contributed by atoms with Gasteiger partial charge in [0, 0.05) is 30.1 Å². The molecule has 1 aromatic heterocycles. The van der Waals surface area contributed by atoms with E-state index in [1.165, 1.54) is 0 Å². The van der Waals surface area contributed by atoms with Gasteiger partial charge in [0.25, 0.3) is 0 Å². The number of nitrogens with one attached hydrogen (secondary N) is 1. The standard InChI is InChI=1S/C27H32N4O4S/c1-19-18-34-16-15-31(19)24-17-23(27(2,3)36(4,5)33)29-25(30-24)20-11-13-21(14-12-20)28-26(32)35-22-9-7-6-8-10-22/h6-14,17,19H,4,15-16,18H2,1-3,5H3,(H,28,32)/t19-,36?/m0/s1. The van der Waals surface area contributed by atoms with Crippen LogP contribution < -0.4 is 15.0 Å². The fourth-order valence-electron chi connectivity index (χ4n) is 3.75. The van der Waals surface area contributed by atoms with Crippen molar-refractivity contribution in [1.29, 1.82) is 0 Å². The summed E-state index contributed by atoms with van der Waals surface area (Å²) in [6.45, 7) is 7.80. The molecule has 0 radical (unpaired) electrons. The summed E-state index contributed by atoms with van der Waals surface area (Å²) in [5.74, 6) is 5.66. The largest absolute Gasteiger partial charge is 0.417 e. The number of morpholine rings is 1. The summed E-state index contributed by atoms with van der Waals surface area (Å²) in [7, 11) is -2.46. The molecule has 1 saturated heterocycles. The van der Waals surface area contributed by atoms with Crippen LogP contribution in [0.25, 0.3) is 11.4 Å². The number of hydrogen-bond acceptors (Lipinski definition) is 7. The Kier molecular flexibility index (Phi) is 7.33. The lowest BCUT2D eigenvalue weighted by atomic mass is 10.1. The highest BCUT2D eigenvalue weighted by atomic mass is 32.2. The van der Waals surface area contributed by atoms with Crippen molar-refractivity contribution in [2.24, 2.45) is 0 Å². The third kappa shape index (κ3) is 5.68. The number of anilines is 2. The van der Waals surface area contributed by atoms with Gasteiger partial charge in [-0.15, -0.1) is 0 Å². The molecule has 2 heterocycles. The number of carbonyl (C=O) groups excluding carboxylic acids is 1. The van der Waals surface area contributed by atoms with Crippen molar-refractivity contribution in [3.8, 4) is 17.1 Å². The molecule has 190 valence electrons. The molecule has 8 nitrogen and oxygen atoms in total. The monoisotopic (exact) mass is 508 g/mol. The third-order valence-corrected chi connectivity index (χ3v) is 8.78. The van der Waals surface area contributed by atoms with Gasteiger partial charge in [-0.3, -0.25) is 9.53 Å². The minimum absolute atomic E-state index is 0.144. The van der Waals surface area contributed by atoms with E-state index in [0.717, 1.165) is 11.4 Å². The van der Waals surface area contributed by atoms with Crippen molar-refractivity contribution in [2.75, 3.05) is 36.2 Å². The van der Waals surface area contributed by atoms with E-state index >= 15 is 0 Å². The van der Waals surface area contributed by atoms with Crippen molar-refractivity contribution < 1.29 is 18.5 Å². The number of aromatic nitrogens is 2. The summed E-state index contributed by atoms with van der Waals surface area (Å²) in [5.41, 5.74) is 2.01. The second-order valence-electron chi connectivity index (χ2n) is 9.47. The normalized spacial score (nSPS) is 17.8. The molecular formula is C27H32N4O4S. The van der Waals surface area contributed by atoms with Crippen LogP contribution in [-0.2, 0) is 19.0 Å². The molecule has 0 spiro atoms. The molecule has 36 heavy (non-hydrogen) atoms. The van der Waals surface area contributed by atoms with E-state index < -0.39 is 20.4 Å². The van der Waals surface area contributed by atoms with Gasteiger partial charge in [-0.2, -0.15) is 0 Å². The van der Waals surface area contributed by atoms with Crippen molar-refractivity contribution in [3.63, 3.8) is 0 Å². The number of amides is 1. The molecule has 0 aliphatic carbocycles. The van der Waals surface area contributed by atoms with E-state index in [1.54, 1.807) is 42.7 Å². The van der Waals surface area contributed by atoms with Crippen LogP contribution in [0, 0.1) is 0 Å². The number of nitrogens with zero attached hydrogens (tertiary/aromatic N) is 3. The molecular weight excluding hydrogens is 476 g/mol. The van der Waals surface area contributed by atoms with Crippen LogP contribution in [0.2, 0.25) is 0 Å². The van der Waals surface area contributed by atoms with Crippen LogP contribution >= 0.6 is 0 Å². The zero-order valence-electron chi connectivity index (χ0n) is 21.1. The first-order valence-corrected chi connectivity index (χ1v) is 13.9. The van der Waals surface area contributed by atoms with Gasteiger partial charge in [-0.05, 0) is 72.6 Å². The van der Waals surface area contributed by atoms with Crippen LogP contribution in [0.15, 0.2) is 60.7 Å². The van der Waals surface area contributed by atoms with Crippen LogP contribution in [0.1, 0.15) is 26.5 Å². The second kappa shape index (κ2) is 10.3. The fourth-order valence-corrected chi connectivity index (χ4v) is 4.30. The van der Waals surface area contributed by atoms with Crippen molar-refractivity contribution in [3.05, 3.63) is 66.4 Å². The zero-order valence-corrected chi connectivity index (χ0v) is 21.9. The average molecular weight is 509 g/mol. The number of hydrogen-bond donors (Lipinski definition) is 1. The Balaban J connectivity index is 1.64. The topological polar surface area (TPSA) is 93.7 Å². The van der Waals surface area contributed by atoms with Gasteiger partial charge in [0.2, 0.25) is 0 Å². The van der Waals surface area contributed by atoms with Gasteiger partial charge in [0.15, 0.2) is 5.82 Å². The maximum absolute atomic E-state index is 13.0. The van der Waals surface area contributed by atoms with Gasteiger partial charge in [-0.25, -0.2) is 14.8 Å². The van der Waals surface area contributed by atoms with Gasteiger partial charge in [0.1, 0.15) is 11.6 Å². The predicted octanol–water partition coefficient (Wildman–Crippen LogP) is 4.56. The molecule has 2 atom stereocenters. The SMILES string of the molecule is C=S(C)(=O)C(C)(C)c1cc(N2CCOC[C@@H]2C)nc(-c2ccc(NC(=O)Oc3ccccc3)cc2)n1. The Morgan fingerprint density at radius 3 is 2.50 bits per heavy atom. The molecule has 1 fully saturated rings. The lowest BCUT2D eigenvalue weighted by Crippen LogP contribution is -2.44. The Hall–Kier alpha value is -3.43. The lowest BCUT2D eigenvalue weighted by molar-refractivity contribution is 0.0985. The highest BCUT2D eigenvalue weighted by Crippen LogP contribution is 2.32. The van der Waals surface area contributed by atoms with E-state index in [4.69, 9.17) is 19.4 Å². The summed E-state index contributed by atoms with van der Waals surface area (Å²) in [4.78, 5) is 24.1. The van der Waals surface area contributed by atoms with Crippen LogP contribution in [0.4, 0.5) is 16.3 Å². The van der Waals surface area contributed by atoms with Gasteiger partial charge < -0.3 is 14.4 Å². The van der Waals surface area contributed by atoms with Crippen LogP contribution in [-0.4, -0.2) is 58.2 Å². The Morgan fingerprint density at radius 1 is 1.17 bits per heavy atom. The Bertz CT molecular complexity index is 1330. The van der Waals surface area contributed by atoms with Crippen molar-refractivity contribution >= 4 is 33.0 Å². The molecule has 1 amide bonds. The molecule has 0 bridgehead atoms. The summed E-state index contributed by atoms with van der Waals surface area (Å²) < 4.78 is 23.1. The highest BCUT2D eigenvalue weighted by molar-refractivity contribution is 8.00. The summed E-state index contributed by atoms with van der Waals surface area (Å²) in [5, 5.41) is 2.72. The van der Waals surface area contributed by atoms with Gasteiger partial charge in [0.05, 0.1) is 29.7 Å². The van der Waals surface area contributed by atoms with E-state index in [-0.39, 0.29) is 6.04 Å². The van der Waals surface area contributed by atoms with Crippen molar-refractivity contribution in [2.45, 2.75) is 31.6 Å². The van der Waals surface area contributed by atoms with E-state index in [9.17, 15) is 9.00 Å². The molecule has 1 N–H and O–H groups in total. The van der Waals surface area contributed by atoms with Crippen LogP contribution in [0.5, 0.6) is 5.75 Å². The molecule has 1 aliphatic rings. The summed E-state index contributed by atoms with van der Waals surface area (Å²) >= 11 is 0. The first-order chi connectivity index (χ1) is 17.0. The first-order valence-electron chi connectivity index (χ1n) is 11.7. The smallest absolute Gasteiger partial charge is 0.410 e. The molecule has 3 aromatic rings. The van der Waals surface area contributed by atoms with E-state index in [1.807, 2.05) is 38.1 Å². The van der Waals surface area contributed by atoms with Gasteiger partial charge >= 0.3 is 6.09 Å². The predicted molar refractivity (Wildman–Crippen MR) is 145 cm³/mol. The van der Waals surface area contributed by atoms with Crippen molar-refractivity contribution in [1.82, 2.24) is 9.97 Å². The van der Waals surface area contributed by atoms with E-state index in [2.05, 4.69) is 23.0 Å². The molecule has 0 saturated carbocycles. The number of rotatable bonds is 6. The maximum atomic E-state index is 13.0. The lowest BCUT2D eigenvalue weighted by Gasteiger charge is -2.35. The number of benzene rings is 2. The Morgan fingerprint density at radius 2 is 1.86 bits per heavy atom. The third-order valence-electron chi connectivity index (χ3n) is 6.41. The second-order valence-corrected chi connectivity index (χ2v) is 12.5. The minimum Gasteiger partial charge on any atom is -0.410 e. The average Bonchev–Trinajstić information content (AvgIpc) is 2.84. The zero-order chi connectivity index (χ0) is 25.9. The van der Waals surface area contributed by atoms with E-state index in [0.29, 0.717) is 42.7 Å². The van der Waals surface area contributed by atoms with Crippen LogP contribution in [0.3, 0.4) is 0 Å². The summed E-state index contributed by atoms with van der Waals surface area (Å²) in [6, 6.07) is 18.1. The summed E-state index contributed by atoms with van der Waals surface area (Å²) in [6.07, 6.45) is 1.08. The number of ether oxygens (including phenoxy) is 2.